The first kappa shape index (κ1) is 31.2. The van der Waals surface area contributed by atoms with E-state index >= 15 is 0 Å². The van der Waals surface area contributed by atoms with E-state index in [1.54, 1.807) is 22.7 Å². The Bertz CT molecular complexity index is 1840. The molecular weight excluding hydrogens is 625 g/mol. The Labute approximate surface area is 276 Å². The zero-order chi connectivity index (χ0) is 32.1. The van der Waals surface area contributed by atoms with Crippen molar-refractivity contribution >= 4 is 68.4 Å². The van der Waals surface area contributed by atoms with Gasteiger partial charge in [0.25, 0.3) is 0 Å². The lowest BCUT2D eigenvalue weighted by Gasteiger charge is -2.02. The van der Waals surface area contributed by atoms with Crippen LogP contribution in [0, 0.1) is 55.4 Å². The highest BCUT2D eigenvalue weighted by Crippen LogP contribution is 2.53. The van der Waals surface area contributed by atoms with Crippen LogP contribution in [0.4, 0.5) is 0 Å². The van der Waals surface area contributed by atoms with E-state index in [9.17, 15) is 9.59 Å². The van der Waals surface area contributed by atoms with Crippen molar-refractivity contribution in [1.29, 1.82) is 0 Å². The lowest BCUT2D eigenvalue weighted by atomic mass is 10.0. The van der Waals surface area contributed by atoms with Crippen LogP contribution >= 0.6 is 45.3 Å². The minimum Gasteiger partial charge on any atom is -0.418 e. The highest BCUT2D eigenvalue weighted by molar-refractivity contribution is 7.24. The summed E-state index contributed by atoms with van der Waals surface area (Å²) in [5, 5.41) is 0. The molecule has 2 aliphatic heterocycles. The Morgan fingerprint density at radius 1 is 0.409 bits per heavy atom. The van der Waals surface area contributed by atoms with E-state index < -0.39 is 11.9 Å². The Morgan fingerprint density at radius 3 is 0.977 bits per heavy atom. The van der Waals surface area contributed by atoms with Gasteiger partial charge in [0.15, 0.2) is 11.5 Å². The Morgan fingerprint density at radius 2 is 0.682 bits per heavy atom. The molecule has 6 rings (SSSR count). The summed E-state index contributed by atoms with van der Waals surface area (Å²) in [5.74, 6) is 0.477. The molecule has 8 heteroatoms. The molecule has 2 aliphatic rings. The number of ether oxygens (including phenoxy) is 2. The number of hydrogen-bond acceptors (Lipinski definition) is 8. The van der Waals surface area contributed by atoms with Crippen LogP contribution in [-0.2, 0) is 19.1 Å². The van der Waals surface area contributed by atoms with Crippen LogP contribution in [0.5, 0.6) is 0 Å². The van der Waals surface area contributed by atoms with Crippen LogP contribution in [0.3, 0.4) is 0 Å². The van der Waals surface area contributed by atoms with Crippen molar-refractivity contribution in [3.05, 3.63) is 75.5 Å². The maximum atomic E-state index is 13.5. The molecule has 0 spiro atoms. The number of hydrogen-bond donors (Lipinski definition) is 0. The summed E-state index contributed by atoms with van der Waals surface area (Å²) in [5.41, 5.74) is 10.3. The van der Waals surface area contributed by atoms with E-state index in [1.807, 2.05) is 36.5 Å². The highest BCUT2D eigenvalue weighted by atomic mass is 32.1. The fourth-order valence-corrected chi connectivity index (χ4v) is 12.0. The molecule has 6 heterocycles. The molecule has 0 unspecified atom stereocenters. The maximum Gasteiger partial charge on any atom is 0.349 e. The van der Waals surface area contributed by atoms with Crippen molar-refractivity contribution in [2.75, 3.05) is 0 Å². The number of fused-ring (bicyclic) bond motifs is 1. The van der Waals surface area contributed by atoms with E-state index in [4.69, 9.17) is 9.47 Å². The number of thiophene rings is 4. The smallest absolute Gasteiger partial charge is 0.349 e. The molecule has 0 bridgehead atoms. The molecule has 4 aromatic heterocycles. The van der Waals surface area contributed by atoms with Crippen LogP contribution in [0.15, 0.2) is 11.5 Å². The SMILES string of the molecule is Cc1c(C2=C3OC(=O)C(c4sc(-c5sc(C(C)C)c(C)c5C)c(C)c4C)=C3OC2=O)sc(-c2sc(C(C)C)c(C)c2C)c1C. The van der Waals surface area contributed by atoms with Crippen LogP contribution < -0.4 is 0 Å². The Balaban J connectivity index is 1.49. The minimum atomic E-state index is -0.463. The fraction of sp³-hybridized carbons (Fsp3) is 0.389. The van der Waals surface area contributed by atoms with Gasteiger partial charge in [-0.05, 0) is 112 Å². The molecule has 0 aromatic carbocycles. The summed E-state index contributed by atoms with van der Waals surface area (Å²) >= 11 is 6.86. The van der Waals surface area contributed by atoms with Crippen molar-refractivity contribution in [3.63, 3.8) is 0 Å². The van der Waals surface area contributed by atoms with Gasteiger partial charge >= 0.3 is 11.9 Å². The van der Waals surface area contributed by atoms with Gasteiger partial charge < -0.3 is 9.47 Å². The monoisotopic (exact) mass is 662 g/mol. The second-order valence-corrected chi connectivity index (χ2v) is 16.8. The van der Waals surface area contributed by atoms with Crippen LogP contribution in [0.1, 0.15) is 104 Å². The predicted octanol–water partition coefficient (Wildman–Crippen LogP) is 11.2. The van der Waals surface area contributed by atoms with Crippen LogP contribution in [0.2, 0.25) is 0 Å². The number of esters is 2. The molecule has 0 N–H and O–H groups in total. The molecular formula is C36H38O4S4. The quantitative estimate of drug-likeness (QED) is 0.193. The molecule has 0 radical (unpaired) electrons. The summed E-state index contributed by atoms with van der Waals surface area (Å²) in [6, 6.07) is 0. The van der Waals surface area contributed by atoms with Gasteiger partial charge in [0.2, 0.25) is 0 Å². The number of carbonyl (C=O) groups is 2. The summed E-state index contributed by atoms with van der Waals surface area (Å²) in [6.45, 7) is 26.0. The zero-order valence-corrected chi connectivity index (χ0v) is 30.7. The molecule has 0 atom stereocenters. The lowest BCUT2D eigenvalue weighted by molar-refractivity contribution is -0.131. The third kappa shape index (κ3) is 4.47. The standard InChI is InChI=1S/C36H38O4S4/c1-13(2)27-15(5)19(9)31(41-27)33-21(11)17(7)29(43-33)23-25-26(40-35(23)37)24(36(38)39-25)30-18(8)22(12)34(44-30)32-20(10)16(6)28(42-32)14(3)4/h13-14H,1-12H3. The average molecular weight is 663 g/mol. The van der Waals surface area contributed by atoms with Crippen molar-refractivity contribution < 1.29 is 19.1 Å². The molecule has 0 saturated carbocycles. The molecule has 0 fully saturated rings. The minimum absolute atomic E-state index is 0.255. The van der Waals surface area contributed by atoms with Crippen molar-refractivity contribution in [2.24, 2.45) is 0 Å². The van der Waals surface area contributed by atoms with Crippen LogP contribution in [-0.4, -0.2) is 11.9 Å². The van der Waals surface area contributed by atoms with Gasteiger partial charge in [0.1, 0.15) is 11.1 Å². The number of rotatable bonds is 6. The van der Waals surface area contributed by atoms with Gasteiger partial charge in [-0.2, -0.15) is 0 Å². The first-order valence-corrected chi connectivity index (χ1v) is 18.3. The van der Waals surface area contributed by atoms with Crippen molar-refractivity contribution in [2.45, 2.75) is 94.9 Å². The summed E-state index contributed by atoms with van der Waals surface area (Å²) in [7, 11) is 0. The second kappa shape index (κ2) is 10.9. The van der Waals surface area contributed by atoms with Crippen molar-refractivity contribution in [3.8, 4) is 19.5 Å². The molecule has 0 aliphatic carbocycles. The highest BCUT2D eigenvalue weighted by Gasteiger charge is 2.46. The van der Waals surface area contributed by atoms with Gasteiger partial charge in [-0.15, -0.1) is 45.3 Å². The molecule has 230 valence electrons. The Kier molecular flexibility index (Phi) is 7.76. The molecule has 0 amide bonds. The van der Waals surface area contributed by atoms with Crippen molar-refractivity contribution in [1.82, 2.24) is 0 Å². The fourth-order valence-electron chi connectivity index (χ4n) is 6.16. The topological polar surface area (TPSA) is 52.6 Å². The first-order chi connectivity index (χ1) is 20.6. The summed E-state index contributed by atoms with van der Waals surface area (Å²) in [4.78, 5) is 36.3. The zero-order valence-electron chi connectivity index (χ0n) is 27.4. The van der Waals surface area contributed by atoms with Gasteiger partial charge in [0.05, 0.1) is 0 Å². The largest absolute Gasteiger partial charge is 0.418 e. The van der Waals surface area contributed by atoms with Gasteiger partial charge in [-0.25, -0.2) is 9.59 Å². The van der Waals surface area contributed by atoms with Gasteiger partial charge in [-0.1, -0.05) is 27.7 Å². The van der Waals surface area contributed by atoms with Gasteiger partial charge in [0, 0.05) is 39.0 Å². The summed E-state index contributed by atoms with van der Waals surface area (Å²) in [6.07, 6.45) is 0. The summed E-state index contributed by atoms with van der Waals surface area (Å²) < 4.78 is 11.8. The van der Waals surface area contributed by atoms with Crippen LogP contribution in [0.25, 0.3) is 30.7 Å². The normalized spacial score (nSPS) is 15.0. The lowest BCUT2D eigenvalue weighted by Crippen LogP contribution is -2.04. The molecule has 4 nitrogen and oxygen atoms in total. The molecule has 4 aromatic rings. The van der Waals surface area contributed by atoms with E-state index in [0.29, 0.717) is 23.0 Å². The van der Waals surface area contributed by atoms with E-state index in [0.717, 1.165) is 41.8 Å². The molecule has 44 heavy (non-hydrogen) atoms. The third-order valence-corrected chi connectivity index (χ3v) is 15.8. The second-order valence-electron chi connectivity index (χ2n) is 12.6. The van der Waals surface area contributed by atoms with E-state index in [-0.39, 0.29) is 11.5 Å². The van der Waals surface area contributed by atoms with Gasteiger partial charge in [-0.3, -0.25) is 0 Å². The maximum absolute atomic E-state index is 13.5. The predicted molar refractivity (Wildman–Crippen MR) is 187 cm³/mol. The van der Waals surface area contributed by atoms with E-state index in [2.05, 4.69) is 69.2 Å². The molecule has 0 saturated heterocycles. The third-order valence-electron chi connectivity index (χ3n) is 9.24. The Hall–Kier alpha value is -2.78. The number of carbonyl (C=O) groups excluding carboxylic acids is 2. The van der Waals surface area contributed by atoms with E-state index in [1.165, 1.54) is 41.8 Å². The first-order valence-electron chi connectivity index (χ1n) is 15.0. The average Bonchev–Trinajstić information content (AvgIpc) is 3.75.